The van der Waals surface area contributed by atoms with E-state index in [2.05, 4.69) is 41.8 Å². The van der Waals surface area contributed by atoms with E-state index in [1.165, 1.54) is 17.5 Å². The maximum absolute atomic E-state index is 11.8. The third-order valence-corrected chi connectivity index (χ3v) is 5.76. The van der Waals surface area contributed by atoms with Gasteiger partial charge in [-0.25, -0.2) is 4.99 Å². The van der Waals surface area contributed by atoms with Gasteiger partial charge < -0.3 is 20.3 Å². The van der Waals surface area contributed by atoms with Crippen LogP contribution in [0.3, 0.4) is 0 Å². The van der Waals surface area contributed by atoms with Gasteiger partial charge in [0.05, 0.1) is 24.8 Å². The van der Waals surface area contributed by atoms with E-state index in [9.17, 15) is 4.79 Å². The van der Waals surface area contributed by atoms with E-state index in [4.69, 9.17) is 9.73 Å². The Hall–Kier alpha value is -2.08. The second-order valence-corrected chi connectivity index (χ2v) is 7.79. The number of ether oxygens (including phenoxy) is 1. The van der Waals surface area contributed by atoms with Crippen LogP contribution < -0.4 is 10.6 Å². The standard InChI is InChI=1S/C21H30N4O2/c1-2-22-21(24-18-12-17-9-10-19(18)27-17)23-13-15-5-7-16(8-6-15)14-25-11-3-4-20(25)26/h5-8,17-19H,2-4,9-14H2,1H3,(H2,22,23,24). The smallest absolute Gasteiger partial charge is 0.222 e. The molecule has 146 valence electrons. The van der Waals surface area contributed by atoms with Crippen LogP contribution in [0.4, 0.5) is 0 Å². The van der Waals surface area contributed by atoms with Crippen LogP contribution in [0.2, 0.25) is 0 Å². The highest BCUT2D eigenvalue weighted by Gasteiger charge is 2.41. The van der Waals surface area contributed by atoms with Crippen molar-refractivity contribution in [2.24, 2.45) is 4.99 Å². The Bertz CT molecular complexity index is 688. The van der Waals surface area contributed by atoms with Gasteiger partial charge in [-0.1, -0.05) is 24.3 Å². The number of hydrogen-bond donors (Lipinski definition) is 2. The molecule has 2 bridgehead atoms. The number of fused-ring (bicyclic) bond motifs is 2. The molecule has 0 saturated carbocycles. The van der Waals surface area contributed by atoms with Crippen molar-refractivity contribution in [2.45, 2.75) is 70.4 Å². The summed E-state index contributed by atoms with van der Waals surface area (Å²) in [6, 6.07) is 8.83. The van der Waals surface area contributed by atoms with Crippen LogP contribution in [0, 0.1) is 0 Å². The molecule has 0 aromatic heterocycles. The van der Waals surface area contributed by atoms with Crippen molar-refractivity contribution in [1.29, 1.82) is 0 Å². The number of nitrogens with zero attached hydrogens (tertiary/aromatic N) is 2. The van der Waals surface area contributed by atoms with Crippen LogP contribution in [0.1, 0.15) is 50.2 Å². The van der Waals surface area contributed by atoms with Gasteiger partial charge in [0.1, 0.15) is 0 Å². The Morgan fingerprint density at radius 3 is 2.70 bits per heavy atom. The highest BCUT2D eigenvalue weighted by molar-refractivity contribution is 5.80. The van der Waals surface area contributed by atoms with Gasteiger partial charge in [-0.15, -0.1) is 0 Å². The van der Waals surface area contributed by atoms with Crippen molar-refractivity contribution in [3.63, 3.8) is 0 Å². The second kappa shape index (κ2) is 8.30. The molecule has 6 heteroatoms. The molecule has 1 aromatic rings. The molecule has 27 heavy (non-hydrogen) atoms. The molecule has 0 aliphatic carbocycles. The number of hydrogen-bond acceptors (Lipinski definition) is 3. The monoisotopic (exact) mass is 370 g/mol. The number of amides is 1. The fourth-order valence-corrected chi connectivity index (χ4v) is 4.30. The van der Waals surface area contributed by atoms with Gasteiger partial charge in [-0.05, 0) is 43.7 Å². The summed E-state index contributed by atoms with van der Waals surface area (Å²) in [5, 5.41) is 6.90. The van der Waals surface area contributed by atoms with E-state index in [1.807, 2.05) is 4.90 Å². The maximum Gasteiger partial charge on any atom is 0.222 e. The predicted octanol–water partition coefficient (Wildman–Crippen LogP) is 2.18. The van der Waals surface area contributed by atoms with Crippen molar-refractivity contribution in [1.82, 2.24) is 15.5 Å². The van der Waals surface area contributed by atoms with Crippen molar-refractivity contribution in [3.05, 3.63) is 35.4 Å². The molecule has 3 unspecified atom stereocenters. The van der Waals surface area contributed by atoms with Crippen LogP contribution in [0.15, 0.2) is 29.3 Å². The Labute approximate surface area is 161 Å². The minimum atomic E-state index is 0.273. The lowest BCUT2D eigenvalue weighted by atomic mass is 9.96. The van der Waals surface area contributed by atoms with Gasteiger partial charge in [0.25, 0.3) is 0 Å². The van der Waals surface area contributed by atoms with Crippen molar-refractivity contribution in [3.8, 4) is 0 Å². The molecule has 1 aromatic carbocycles. The molecule has 3 atom stereocenters. The molecule has 0 radical (unpaired) electrons. The fourth-order valence-electron chi connectivity index (χ4n) is 4.30. The van der Waals surface area contributed by atoms with Gasteiger partial charge in [-0.3, -0.25) is 4.79 Å². The van der Waals surface area contributed by atoms with E-state index >= 15 is 0 Å². The quantitative estimate of drug-likeness (QED) is 0.595. The summed E-state index contributed by atoms with van der Waals surface area (Å²) in [7, 11) is 0. The number of guanidine groups is 1. The molecule has 3 aliphatic heterocycles. The summed E-state index contributed by atoms with van der Waals surface area (Å²) in [6.45, 7) is 5.17. The molecule has 3 fully saturated rings. The zero-order valence-electron chi connectivity index (χ0n) is 16.1. The van der Waals surface area contributed by atoms with Crippen LogP contribution in [0.5, 0.6) is 0 Å². The lowest BCUT2D eigenvalue weighted by Gasteiger charge is -2.22. The lowest BCUT2D eigenvalue weighted by molar-refractivity contribution is -0.128. The molecule has 6 nitrogen and oxygen atoms in total. The second-order valence-electron chi connectivity index (χ2n) is 7.79. The Morgan fingerprint density at radius 1 is 1.26 bits per heavy atom. The number of rotatable bonds is 6. The van der Waals surface area contributed by atoms with E-state index < -0.39 is 0 Å². The number of aliphatic imine (C=N–C) groups is 1. The van der Waals surface area contributed by atoms with E-state index in [1.54, 1.807) is 0 Å². The third-order valence-electron chi connectivity index (χ3n) is 5.76. The minimum absolute atomic E-state index is 0.273. The van der Waals surface area contributed by atoms with Crippen molar-refractivity contribution < 1.29 is 9.53 Å². The lowest BCUT2D eigenvalue weighted by Crippen LogP contribution is -2.47. The highest BCUT2D eigenvalue weighted by atomic mass is 16.5. The highest BCUT2D eigenvalue weighted by Crippen LogP contribution is 2.34. The minimum Gasteiger partial charge on any atom is -0.373 e. The number of carbonyl (C=O) groups is 1. The summed E-state index contributed by atoms with van der Waals surface area (Å²) in [5.41, 5.74) is 2.36. The van der Waals surface area contributed by atoms with Crippen LogP contribution >= 0.6 is 0 Å². The largest absolute Gasteiger partial charge is 0.373 e. The fraction of sp³-hybridized carbons (Fsp3) is 0.619. The Kier molecular flexibility index (Phi) is 5.62. The molecule has 2 N–H and O–H groups in total. The molecule has 4 rings (SSSR count). The predicted molar refractivity (Wildman–Crippen MR) is 105 cm³/mol. The number of carbonyl (C=O) groups excluding carboxylic acids is 1. The first kappa shape index (κ1) is 18.3. The molecule has 3 heterocycles. The summed E-state index contributed by atoms with van der Waals surface area (Å²) in [6.07, 6.45) is 5.89. The number of benzene rings is 1. The van der Waals surface area contributed by atoms with E-state index in [0.717, 1.165) is 44.9 Å². The van der Waals surface area contributed by atoms with E-state index in [0.29, 0.717) is 31.2 Å². The summed E-state index contributed by atoms with van der Waals surface area (Å²) in [4.78, 5) is 18.5. The summed E-state index contributed by atoms with van der Waals surface area (Å²) < 4.78 is 5.93. The normalized spacial score (nSPS) is 27.4. The van der Waals surface area contributed by atoms with Gasteiger partial charge in [0.15, 0.2) is 5.96 Å². The van der Waals surface area contributed by atoms with Crippen molar-refractivity contribution >= 4 is 11.9 Å². The third kappa shape index (κ3) is 4.43. The maximum atomic E-state index is 11.8. The van der Waals surface area contributed by atoms with Crippen molar-refractivity contribution in [2.75, 3.05) is 13.1 Å². The average molecular weight is 370 g/mol. The number of likely N-dealkylation sites (tertiary alicyclic amines) is 1. The molecular formula is C21H30N4O2. The van der Waals surface area contributed by atoms with Gasteiger partial charge in [-0.2, -0.15) is 0 Å². The molecule has 1 amide bonds. The summed E-state index contributed by atoms with van der Waals surface area (Å²) >= 11 is 0. The van der Waals surface area contributed by atoms with Crippen LogP contribution in [-0.2, 0) is 22.6 Å². The molecule has 3 aliphatic rings. The van der Waals surface area contributed by atoms with Gasteiger partial charge in [0.2, 0.25) is 5.91 Å². The molecule has 0 spiro atoms. The first-order valence-corrected chi connectivity index (χ1v) is 10.3. The summed E-state index contributed by atoms with van der Waals surface area (Å²) in [5.74, 6) is 1.14. The SMILES string of the molecule is CCNC(=NCc1ccc(CN2CCCC2=O)cc1)NC1CC2CCC1O2. The van der Waals surface area contributed by atoms with Gasteiger partial charge in [0, 0.05) is 26.1 Å². The van der Waals surface area contributed by atoms with Crippen LogP contribution in [-0.4, -0.2) is 48.1 Å². The first-order valence-electron chi connectivity index (χ1n) is 10.3. The van der Waals surface area contributed by atoms with Crippen LogP contribution in [0.25, 0.3) is 0 Å². The first-order chi connectivity index (χ1) is 13.2. The zero-order valence-corrected chi connectivity index (χ0v) is 16.1. The number of nitrogens with one attached hydrogen (secondary N) is 2. The van der Waals surface area contributed by atoms with E-state index in [-0.39, 0.29) is 5.91 Å². The van der Waals surface area contributed by atoms with Gasteiger partial charge >= 0.3 is 0 Å². The Morgan fingerprint density at radius 2 is 2.07 bits per heavy atom. The topological polar surface area (TPSA) is 66.0 Å². The zero-order chi connectivity index (χ0) is 18.6. The Balaban J connectivity index is 1.32. The average Bonchev–Trinajstić information content (AvgIpc) is 3.39. The molecular weight excluding hydrogens is 340 g/mol. The molecule has 3 saturated heterocycles.